The van der Waals surface area contributed by atoms with E-state index in [-0.39, 0.29) is 0 Å². The first-order chi connectivity index (χ1) is 10.8. The van der Waals surface area contributed by atoms with Gasteiger partial charge in [0.15, 0.2) is 11.5 Å². The largest absolute Gasteiger partial charge is 0.382 e. The molecular weight excluding hydrogens is 276 g/mol. The highest BCUT2D eigenvalue weighted by Gasteiger charge is 2.18. The molecule has 0 bridgehead atoms. The highest BCUT2D eigenvalue weighted by molar-refractivity contribution is 6.04. The Morgan fingerprint density at radius 1 is 0.909 bits per heavy atom. The normalized spacial score (nSPS) is 10.9. The number of aromatic nitrogens is 5. The number of rotatable bonds is 2. The molecule has 0 amide bonds. The van der Waals surface area contributed by atoms with Gasteiger partial charge in [-0.05, 0) is 17.7 Å². The van der Waals surface area contributed by atoms with Crippen molar-refractivity contribution in [3.63, 3.8) is 0 Å². The fraction of sp³-hybridized carbons (Fsp3) is 0. The third kappa shape index (κ3) is 1.89. The van der Waals surface area contributed by atoms with Crippen LogP contribution in [0.4, 0.5) is 5.82 Å². The molecule has 0 aliphatic rings. The summed E-state index contributed by atoms with van der Waals surface area (Å²) in [7, 11) is 0. The van der Waals surface area contributed by atoms with Crippen molar-refractivity contribution in [3.8, 4) is 22.5 Å². The summed E-state index contributed by atoms with van der Waals surface area (Å²) in [5.74, 6) is 0.404. The van der Waals surface area contributed by atoms with Crippen LogP contribution >= 0.6 is 0 Å². The van der Waals surface area contributed by atoms with Gasteiger partial charge >= 0.3 is 0 Å². The quantitative estimate of drug-likeness (QED) is 0.591. The Bertz CT molecular complexity index is 931. The van der Waals surface area contributed by atoms with Crippen LogP contribution in [0.3, 0.4) is 0 Å². The minimum Gasteiger partial charge on any atom is -0.382 e. The summed E-state index contributed by atoms with van der Waals surface area (Å²) in [6.07, 6.45) is 1.73. The van der Waals surface area contributed by atoms with Crippen molar-refractivity contribution in [2.75, 3.05) is 5.73 Å². The summed E-state index contributed by atoms with van der Waals surface area (Å²) in [4.78, 5) is 4.38. The van der Waals surface area contributed by atoms with Crippen LogP contribution in [0.5, 0.6) is 0 Å². The first kappa shape index (κ1) is 12.5. The van der Waals surface area contributed by atoms with Crippen LogP contribution in [-0.2, 0) is 0 Å². The Hall–Kier alpha value is -3.28. The molecule has 6 nitrogen and oxygen atoms in total. The molecule has 0 saturated carbocycles. The SMILES string of the molecule is Nc1n[nH]c2nnc(-c3ccccn3)c(-c3ccccc3)c12. The zero-order chi connectivity index (χ0) is 14.9. The first-order valence-electron chi connectivity index (χ1n) is 6.81. The highest BCUT2D eigenvalue weighted by atomic mass is 15.2. The maximum atomic E-state index is 6.03. The predicted molar refractivity (Wildman–Crippen MR) is 84.8 cm³/mol. The summed E-state index contributed by atoms with van der Waals surface area (Å²) < 4.78 is 0. The number of nitrogens with two attached hydrogens (primary N) is 1. The van der Waals surface area contributed by atoms with Crippen LogP contribution in [0.2, 0.25) is 0 Å². The molecule has 1 aromatic carbocycles. The van der Waals surface area contributed by atoms with E-state index in [2.05, 4.69) is 25.4 Å². The van der Waals surface area contributed by atoms with Crippen molar-refractivity contribution in [3.05, 3.63) is 54.7 Å². The smallest absolute Gasteiger partial charge is 0.180 e. The summed E-state index contributed by atoms with van der Waals surface area (Å²) in [6, 6.07) is 15.6. The number of fused-ring (bicyclic) bond motifs is 1. The van der Waals surface area contributed by atoms with Crippen LogP contribution in [0.25, 0.3) is 33.5 Å². The third-order valence-electron chi connectivity index (χ3n) is 3.48. The van der Waals surface area contributed by atoms with Crippen molar-refractivity contribution < 1.29 is 0 Å². The third-order valence-corrected chi connectivity index (χ3v) is 3.48. The first-order valence-corrected chi connectivity index (χ1v) is 6.81. The van der Waals surface area contributed by atoms with Gasteiger partial charge in [-0.1, -0.05) is 36.4 Å². The van der Waals surface area contributed by atoms with Gasteiger partial charge in [-0.3, -0.25) is 10.1 Å². The number of H-pyrrole nitrogens is 1. The summed E-state index contributed by atoms with van der Waals surface area (Å²) in [6.45, 7) is 0. The number of aromatic amines is 1. The minimum atomic E-state index is 0.404. The molecule has 3 heterocycles. The fourth-order valence-electron chi connectivity index (χ4n) is 2.50. The second kappa shape index (κ2) is 4.92. The highest BCUT2D eigenvalue weighted by Crippen LogP contribution is 2.36. The molecule has 22 heavy (non-hydrogen) atoms. The Balaban J connectivity index is 2.11. The van der Waals surface area contributed by atoms with Gasteiger partial charge in [-0.2, -0.15) is 5.10 Å². The van der Waals surface area contributed by atoms with Crippen LogP contribution in [0, 0.1) is 0 Å². The second-order valence-electron chi connectivity index (χ2n) is 4.84. The van der Waals surface area contributed by atoms with Gasteiger partial charge in [0.25, 0.3) is 0 Å². The van der Waals surface area contributed by atoms with Crippen molar-refractivity contribution in [2.45, 2.75) is 0 Å². The van der Waals surface area contributed by atoms with Crippen molar-refractivity contribution in [2.24, 2.45) is 0 Å². The van der Waals surface area contributed by atoms with Crippen molar-refractivity contribution in [1.29, 1.82) is 0 Å². The van der Waals surface area contributed by atoms with Gasteiger partial charge in [0.05, 0.1) is 11.1 Å². The molecule has 106 valence electrons. The van der Waals surface area contributed by atoms with E-state index in [0.29, 0.717) is 17.2 Å². The van der Waals surface area contributed by atoms with E-state index >= 15 is 0 Å². The molecule has 0 unspecified atom stereocenters. The molecule has 3 aromatic heterocycles. The number of benzene rings is 1. The van der Waals surface area contributed by atoms with E-state index < -0.39 is 0 Å². The summed E-state index contributed by atoms with van der Waals surface area (Å²) in [5.41, 5.74) is 9.91. The predicted octanol–water partition coefficient (Wildman–Crippen LogP) is 2.66. The number of nitrogens with zero attached hydrogens (tertiary/aromatic N) is 4. The lowest BCUT2D eigenvalue weighted by atomic mass is 9.99. The number of hydrogen-bond donors (Lipinski definition) is 2. The number of nitrogen functional groups attached to an aromatic ring is 1. The molecule has 0 spiro atoms. The van der Waals surface area contributed by atoms with Crippen LogP contribution in [-0.4, -0.2) is 25.4 Å². The van der Waals surface area contributed by atoms with E-state index in [9.17, 15) is 0 Å². The lowest BCUT2D eigenvalue weighted by Gasteiger charge is -2.09. The molecule has 0 atom stereocenters. The average Bonchev–Trinajstić information content (AvgIpc) is 2.97. The molecule has 0 radical (unpaired) electrons. The molecule has 0 aliphatic carbocycles. The van der Waals surface area contributed by atoms with Crippen molar-refractivity contribution >= 4 is 16.9 Å². The molecule has 3 N–H and O–H groups in total. The lowest BCUT2D eigenvalue weighted by molar-refractivity contribution is 1.02. The number of anilines is 1. The zero-order valence-corrected chi connectivity index (χ0v) is 11.6. The zero-order valence-electron chi connectivity index (χ0n) is 11.6. The number of pyridine rings is 1. The maximum Gasteiger partial charge on any atom is 0.180 e. The molecule has 0 aliphatic heterocycles. The monoisotopic (exact) mass is 288 g/mol. The number of hydrogen-bond acceptors (Lipinski definition) is 5. The lowest BCUT2D eigenvalue weighted by Crippen LogP contribution is -1.97. The molecule has 4 aromatic rings. The van der Waals surface area contributed by atoms with Crippen LogP contribution in [0.1, 0.15) is 0 Å². The van der Waals surface area contributed by atoms with E-state index in [1.54, 1.807) is 6.20 Å². The van der Waals surface area contributed by atoms with Gasteiger partial charge < -0.3 is 5.73 Å². The van der Waals surface area contributed by atoms with Crippen LogP contribution < -0.4 is 5.73 Å². The van der Waals surface area contributed by atoms with E-state index in [1.165, 1.54) is 0 Å². The topological polar surface area (TPSA) is 93.4 Å². The fourth-order valence-corrected chi connectivity index (χ4v) is 2.50. The molecule has 6 heteroatoms. The molecule has 4 rings (SSSR count). The standard InChI is InChI=1S/C16H12N6/c17-15-13-12(10-6-2-1-3-7-10)14(11-8-4-5-9-18-11)19-21-16(13)22-20-15/h1-9H,(H3,17,20,21,22). The van der Waals surface area contributed by atoms with Gasteiger partial charge in [0.2, 0.25) is 0 Å². The Morgan fingerprint density at radius 2 is 1.73 bits per heavy atom. The summed E-state index contributed by atoms with van der Waals surface area (Å²) in [5, 5.41) is 16.1. The van der Waals surface area contributed by atoms with Gasteiger partial charge in [-0.25, -0.2) is 0 Å². The van der Waals surface area contributed by atoms with Crippen LogP contribution in [0.15, 0.2) is 54.7 Å². The van der Waals surface area contributed by atoms with Gasteiger partial charge in [0.1, 0.15) is 5.69 Å². The summed E-state index contributed by atoms with van der Waals surface area (Å²) >= 11 is 0. The van der Waals surface area contributed by atoms with Gasteiger partial charge in [0, 0.05) is 11.8 Å². The minimum absolute atomic E-state index is 0.404. The second-order valence-corrected chi connectivity index (χ2v) is 4.84. The van der Waals surface area contributed by atoms with E-state index in [0.717, 1.165) is 22.2 Å². The molecular formula is C16H12N6. The van der Waals surface area contributed by atoms with E-state index in [4.69, 9.17) is 5.73 Å². The Morgan fingerprint density at radius 3 is 2.50 bits per heavy atom. The molecule has 0 saturated heterocycles. The average molecular weight is 288 g/mol. The van der Waals surface area contributed by atoms with E-state index in [1.807, 2.05) is 48.5 Å². The molecule has 0 fully saturated rings. The van der Waals surface area contributed by atoms with Gasteiger partial charge in [-0.15, -0.1) is 10.2 Å². The maximum absolute atomic E-state index is 6.03. The Labute approximate surface area is 126 Å². The van der Waals surface area contributed by atoms with Crippen molar-refractivity contribution in [1.82, 2.24) is 25.4 Å². The Kier molecular flexibility index (Phi) is 2.79. The number of nitrogens with one attached hydrogen (secondary N) is 1.